The summed E-state index contributed by atoms with van der Waals surface area (Å²) >= 11 is 0. The summed E-state index contributed by atoms with van der Waals surface area (Å²) in [4.78, 5) is 0. The molecule has 0 bridgehead atoms. The normalized spacial score (nSPS) is 17.0. The van der Waals surface area contributed by atoms with Gasteiger partial charge in [0.15, 0.2) is 11.6 Å². The molecule has 1 aliphatic heterocycles. The first-order valence-corrected chi connectivity index (χ1v) is 14.6. The van der Waals surface area contributed by atoms with Gasteiger partial charge in [0.05, 0.1) is 48.7 Å². The average Bonchev–Trinajstić information content (AvgIpc) is 3.40. The van der Waals surface area contributed by atoms with E-state index in [4.69, 9.17) is 0 Å². The van der Waals surface area contributed by atoms with Gasteiger partial charge < -0.3 is 26.0 Å². The average molecular weight is 627 g/mol. The summed E-state index contributed by atoms with van der Waals surface area (Å²) in [5.74, 6) is -2.09. The molecule has 1 atom stereocenters. The van der Waals surface area contributed by atoms with Crippen LogP contribution in [0.1, 0.15) is 16.7 Å². The molecule has 232 valence electrons. The Hall–Kier alpha value is -4.28. The van der Waals surface area contributed by atoms with Gasteiger partial charge in [0.1, 0.15) is 11.4 Å². The maximum Gasteiger partial charge on any atom is 0.393 e. The Morgan fingerprint density at radius 1 is 1.16 bits per heavy atom. The Kier molecular flexibility index (Phi) is 8.94. The van der Waals surface area contributed by atoms with E-state index in [-0.39, 0.29) is 36.6 Å². The number of dihydropyridines is 1. The van der Waals surface area contributed by atoms with E-state index in [0.29, 0.717) is 22.6 Å². The third kappa shape index (κ3) is 7.39. The molecule has 2 aromatic carbocycles. The highest BCUT2D eigenvalue weighted by Gasteiger charge is 2.37. The lowest BCUT2D eigenvalue weighted by molar-refractivity contribution is -0.127. The van der Waals surface area contributed by atoms with Crippen molar-refractivity contribution in [1.29, 1.82) is 0 Å². The molecule has 16 heteroatoms. The monoisotopic (exact) mass is 626 g/mol. The number of aromatic nitrogens is 2. The maximum atomic E-state index is 14.4. The largest absolute Gasteiger partial charge is 0.508 e. The molecule has 0 saturated heterocycles. The first kappa shape index (κ1) is 31.7. The fourth-order valence-corrected chi connectivity index (χ4v) is 5.08. The number of halogens is 4. The number of rotatable bonds is 11. The topological polar surface area (TPSA) is 152 Å². The fraction of sp³-hybridized carbons (Fsp3) is 0.296. The van der Waals surface area contributed by atoms with Gasteiger partial charge in [-0.3, -0.25) is 9.62 Å². The van der Waals surface area contributed by atoms with Gasteiger partial charge in [-0.1, -0.05) is 0 Å². The van der Waals surface area contributed by atoms with Crippen LogP contribution in [0, 0.1) is 5.82 Å². The van der Waals surface area contributed by atoms with E-state index in [1.165, 1.54) is 54.5 Å². The summed E-state index contributed by atoms with van der Waals surface area (Å²) in [6.07, 6.45) is 2.51. The highest BCUT2D eigenvalue weighted by atomic mass is 32.2. The van der Waals surface area contributed by atoms with Crippen molar-refractivity contribution in [3.05, 3.63) is 83.6 Å². The third-order valence-electron chi connectivity index (χ3n) is 6.69. The molecule has 6 N–H and O–H groups in total. The minimum atomic E-state index is -4.64. The number of sulfonamides is 1. The van der Waals surface area contributed by atoms with E-state index in [1.54, 1.807) is 6.20 Å². The summed E-state index contributed by atoms with van der Waals surface area (Å²) in [7, 11) is -2.16. The molecule has 0 saturated carbocycles. The molecule has 4 rings (SSSR count). The summed E-state index contributed by atoms with van der Waals surface area (Å²) in [6, 6.07) is 5.83. The van der Waals surface area contributed by atoms with Crippen molar-refractivity contribution in [3.63, 3.8) is 0 Å². The van der Waals surface area contributed by atoms with Gasteiger partial charge in [0.25, 0.3) is 0 Å². The lowest BCUT2D eigenvalue weighted by Gasteiger charge is -2.37. The number of hydrogen-bond acceptors (Lipinski definition) is 9. The van der Waals surface area contributed by atoms with Crippen molar-refractivity contribution in [3.8, 4) is 11.5 Å². The van der Waals surface area contributed by atoms with Crippen LogP contribution in [0.3, 0.4) is 0 Å². The lowest BCUT2D eigenvalue weighted by Crippen LogP contribution is -2.53. The van der Waals surface area contributed by atoms with Crippen molar-refractivity contribution in [2.24, 2.45) is 0 Å². The Morgan fingerprint density at radius 2 is 1.91 bits per heavy atom. The number of hydrogen-bond donors (Lipinski definition) is 6. The van der Waals surface area contributed by atoms with Crippen LogP contribution in [0.15, 0.2) is 61.1 Å². The smallest absolute Gasteiger partial charge is 0.393 e. The fourth-order valence-electron chi connectivity index (χ4n) is 4.55. The molecule has 43 heavy (non-hydrogen) atoms. The lowest BCUT2D eigenvalue weighted by atomic mass is 9.90. The SMILES string of the molecule is CN(c1ccc(O)cc1CNc1cnn(C2=CNC(NCCO)(c3cc(F)c(O)cc3CC(F)(F)F)C=C2)c1)S(C)(=O)=O. The number of nitrogens with one attached hydrogen (secondary N) is 3. The van der Waals surface area contributed by atoms with Crippen LogP contribution in [0.4, 0.5) is 28.9 Å². The van der Waals surface area contributed by atoms with Crippen LogP contribution < -0.4 is 20.3 Å². The van der Waals surface area contributed by atoms with Crippen molar-refractivity contribution in [1.82, 2.24) is 20.4 Å². The maximum absolute atomic E-state index is 14.4. The van der Waals surface area contributed by atoms with Crippen LogP contribution in [0.5, 0.6) is 11.5 Å². The van der Waals surface area contributed by atoms with Gasteiger partial charge >= 0.3 is 6.18 Å². The van der Waals surface area contributed by atoms with Gasteiger partial charge in [-0.25, -0.2) is 17.5 Å². The number of aromatic hydroxyl groups is 2. The molecule has 3 aromatic rings. The van der Waals surface area contributed by atoms with Crippen LogP contribution in [0.25, 0.3) is 5.70 Å². The summed E-state index contributed by atoms with van der Waals surface area (Å²) in [5, 5.41) is 42.3. The number of anilines is 2. The molecular formula is C27H30F4N6O5S. The van der Waals surface area contributed by atoms with Crippen molar-refractivity contribution < 1.29 is 41.3 Å². The molecule has 0 amide bonds. The number of allylic oxidation sites excluding steroid dienone is 2. The number of phenolic OH excluding ortho intramolecular Hbond substituents is 2. The van der Waals surface area contributed by atoms with E-state index in [0.717, 1.165) is 22.7 Å². The quantitative estimate of drug-likeness (QED) is 0.177. The summed E-state index contributed by atoms with van der Waals surface area (Å²) in [6.45, 7) is -0.293. The molecule has 11 nitrogen and oxygen atoms in total. The van der Waals surface area contributed by atoms with Crippen molar-refractivity contribution >= 4 is 27.1 Å². The van der Waals surface area contributed by atoms with Gasteiger partial charge in [-0.05, 0) is 53.6 Å². The predicted molar refractivity (Wildman–Crippen MR) is 152 cm³/mol. The van der Waals surface area contributed by atoms with Gasteiger partial charge in [-0.15, -0.1) is 0 Å². The number of aliphatic hydroxyl groups excluding tert-OH is 1. The van der Waals surface area contributed by atoms with E-state index >= 15 is 0 Å². The van der Waals surface area contributed by atoms with Gasteiger partial charge in [0, 0.05) is 31.9 Å². The van der Waals surface area contributed by atoms with E-state index < -0.39 is 39.9 Å². The van der Waals surface area contributed by atoms with Crippen LogP contribution in [-0.4, -0.2) is 66.1 Å². The zero-order valence-electron chi connectivity index (χ0n) is 23.0. The highest BCUT2D eigenvalue weighted by Crippen LogP contribution is 2.35. The van der Waals surface area contributed by atoms with Crippen molar-refractivity contribution in [2.45, 2.75) is 24.8 Å². The van der Waals surface area contributed by atoms with Crippen LogP contribution >= 0.6 is 0 Å². The zero-order chi connectivity index (χ0) is 31.6. The number of alkyl halides is 3. The molecule has 1 unspecified atom stereocenters. The Morgan fingerprint density at radius 3 is 2.53 bits per heavy atom. The number of benzene rings is 2. The van der Waals surface area contributed by atoms with E-state index in [1.807, 2.05) is 0 Å². The van der Waals surface area contributed by atoms with Crippen molar-refractivity contribution in [2.75, 3.05) is 36.1 Å². The second kappa shape index (κ2) is 12.1. The Labute approximate surface area is 244 Å². The molecule has 1 aliphatic rings. The molecular weight excluding hydrogens is 596 g/mol. The van der Waals surface area contributed by atoms with Gasteiger partial charge in [-0.2, -0.15) is 18.3 Å². The van der Waals surface area contributed by atoms with Crippen LogP contribution in [0.2, 0.25) is 0 Å². The molecule has 0 spiro atoms. The van der Waals surface area contributed by atoms with Crippen LogP contribution in [-0.2, 0) is 28.7 Å². The minimum absolute atomic E-state index is 0.0492. The number of nitrogens with zero attached hydrogens (tertiary/aromatic N) is 3. The third-order valence-corrected chi connectivity index (χ3v) is 7.88. The highest BCUT2D eigenvalue weighted by molar-refractivity contribution is 7.92. The molecule has 2 heterocycles. The minimum Gasteiger partial charge on any atom is -0.508 e. The number of aliphatic hydroxyl groups is 1. The van der Waals surface area contributed by atoms with E-state index in [9.17, 15) is 41.3 Å². The first-order chi connectivity index (χ1) is 20.1. The predicted octanol–water partition coefficient (Wildman–Crippen LogP) is 2.94. The molecule has 0 radical (unpaired) electrons. The van der Waals surface area contributed by atoms with Gasteiger partial charge in [0.2, 0.25) is 10.0 Å². The molecule has 0 fully saturated rings. The first-order valence-electron chi connectivity index (χ1n) is 12.8. The Balaban J connectivity index is 1.58. The molecule has 1 aromatic heterocycles. The molecule has 0 aliphatic carbocycles. The standard InChI is InChI=1S/C27H30F4N6O5S/c1-36(43(2,41)42)24-4-3-21(39)9-18(24)13-32-19-14-35-37(16-19)20-5-6-26(34-15-20,33-7-8-38)22-11-23(28)25(40)10-17(22)12-27(29,30)31/h3-6,9-11,14-16,32-34,38-40H,7-8,12-13H2,1-2H3. The summed E-state index contributed by atoms with van der Waals surface area (Å²) < 4.78 is 81.0. The summed E-state index contributed by atoms with van der Waals surface area (Å²) in [5.41, 5.74) is -0.241. The number of phenols is 2. The second-order valence-corrected chi connectivity index (χ2v) is 11.8. The second-order valence-electron chi connectivity index (χ2n) is 9.83. The zero-order valence-corrected chi connectivity index (χ0v) is 23.8. The Bertz CT molecular complexity index is 1660. The van der Waals surface area contributed by atoms with E-state index in [2.05, 4.69) is 21.0 Å².